The Bertz CT molecular complexity index is 311. The molecule has 1 aromatic carbocycles. The van der Waals surface area contributed by atoms with Gasteiger partial charge in [-0.05, 0) is 17.4 Å². The topological polar surface area (TPSA) is 29.3 Å². The largest absolute Gasteiger partial charge is 0.327 e. The number of piperidine rings is 1. The van der Waals surface area contributed by atoms with Crippen LogP contribution in [0, 0.1) is 11.8 Å². The van der Waals surface area contributed by atoms with E-state index in [4.69, 9.17) is 5.73 Å². The Balaban J connectivity index is 1.97. The lowest BCUT2D eigenvalue weighted by atomic mass is 9.86. The maximum absolute atomic E-state index is 6.15. The molecule has 0 spiro atoms. The maximum atomic E-state index is 6.15. The van der Waals surface area contributed by atoms with Crippen molar-refractivity contribution in [2.24, 2.45) is 17.6 Å². The summed E-state index contributed by atoms with van der Waals surface area (Å²) in [6.45, 7) is 7.83. The van der Waals surface area contributed by atoms with Crippen LogP contribution in [0.4, 0.5) is 0 Å². The molecule has 88 valence electrons. The average Bonchev–Trinajstić information content (AvgIpc) is 2.27. The van der Waals surface area contributed by atoms with Crippen LogP contribution in [0.1, 0.15) is 19.4 Å². The first-order valence-electron chi connectivity index (χ1n) is 6.18. The van der Waals surface area contributed by atoms with Crippen molar-refractivity contribution in [2.75, 3.05) is 13.1 Å². The van der Waals surface area contributed by atoms with Crippen molar-refractivity contribution in [1.29, 1.82) is 0 Å². The first-order valence-corrected chi connectivity index (χ1v) is 6.18. The lowest BCUT2D eigenvalue weighted by Gasteiger charge is -2.39. The molecular formula is C14H22N2. The molecule has 1 fully saturated rings. The van der Waals surface area contributed by atoms with Crippen LogP contribution in [0.5, 0.6) is 0 Å². The molecule has 1 saturated heterocycles. The van der Waals surface area contributed by atoms with Crippen LogP contribution >= 0.6 is 0 Å². The lowest BCUT2D eigenvalue weighted by Crippen LogP contribution is -2.50. The highest BCUT2D eigenvalue weighted by Gasteiger charge is 2.28. The van der Waals surface area contributed by atoms with E-state index in [1.165, 1.54) is 5.56 Å². The first-order chi connectivity index (χ1) is 7.66. The van der Waals surface area contributed by atoms with Gasteiger partial charge in [0.2, 0.25) is 0 Å². The Hall–Kier alpha value is -0.860. The summed E-state index contributed by atoms with van der Waals surface area (Å²) >= 11 is 0. The molecule has 2 atom stereocenters. The molecule has 1 aliphatic rings. The number of nitrogens with zero attached hydrogens (tertiary/aromatic N) is 1. The molecular weight excluding hydrogens is 196 g/mol. The summed E-state index contributed by atoms with van der Waals surface area (Å²) in [5.74, 6) is 1.21. The molecule has 0 aromatic heterocycles. The number of benzene rings is 1. The van der Waals surface area contributed by atoms with E-state index in [1.807, 2.05) is 0 Å². The molecule has 0 aliphatic carbocycles. The molecule has 0 radical (unpaired) electrons. The molecule has 0 bridgehead atoms. The molecule has 16 heavy (non-hydrogen) atoms. The smallest absolute Gasteiger partial charge is 0.0233 e. The van der Waals surface area contributed by atoms with Crippen molar-refractivity contribution in [3.8, 4) is 0 Å². The van der Waals surface area contributed by atoms with Gasteiger partial charge in [-0.25, -0.2) is 0 Å². The second kappa shape index (κ2) is 4.98. The lowest BCUT2D eigenvalue weighted by molar-refractivity contribution is 0.113. The van der Waals surface area contributed by atoms with E-state index in [0.29, 0.717) is 17.9 Å². The number of hydrogen-bond acceptors (Lipinski definition) is 2. The molecule has 2 N–H and O–H groups in total. The molecule has 2 rings (SSSR count). The zero-order valence-electron chi connectivity index (χ0n) is 10.3. The fourth-order valence-corrected chi connectivity index (χ4v) is 2.66. The summed E-state index contributed by atoms with van der Waals surface area (Å²) in [5, 5.41) is 0. The Morgan fingerprint density at radius 3 is 2.25 bits per heavy atom. The molecule has 1 aromatic rings. The van der Waals surface area contributed by atoms with Gasteiger partial charge in [0.15, 0.2) is 0 Å². The van der Waals surface area contributed by atoms with Crippen molar-refractivity contribution in [3.63, 3.8) is 0 Å². The van der Waals surface area contributed by atoms with E-state index >= 15 is 0 Å². The van der Waals surface area contributed by atoms with E-state index in [-0.39, 0.29) is 0 Å². The zero-order chi connectivity index (χ0) is 11.5. The van der Waals surface area contributed by atoms with Crippen LogP contribution in [-0.2, 0) is 6.54 Å². The van der Waals surface area contributed by atoms with Crippen LogP contribution in [0.15, 0.2) is 30.3 Å². The number of hydrogen-bond donors (Lipinski definition) is 1. The summed E-state index contributed by atoms with van der Waals surface area (Å²) in [7, 11) is 0. The van der Waals surface area contributed by atoms with Gasteiger partial charge in [-0.2, -0.15) is 0 Å². The van der Waals surface area contributed by atoms with Gasteiger partial charge in [0, 0.05) is 25.7 Å². The monoisotopic (exact) mass is 218 g/mol. The standard InChI is InChI=1S/C14H22N2/c1-11-8-16(9-12(2)14(11)15)10-13-6-4-3-5-7-13/h3-7,11-12,14H,8-10,15H2,1-2H3/t11-,12-/m1/s1. The van der Waals surface area contributed by atoms with Gasteiger partial charge < -0.3 is 5.73 Å². The Kier molecular flexibility index (Phi) is 3.62. The summed E-state index contributed by atoms with van der Waals surface area (Å²) in [4.78, 5) is 2.52. The minimum Gasteiger partial charge on any atom is -0.327 e. The molecule has 2 heteroatoms. The summed E-state index contributed by atoms with van der Waals surface area (Å²) in [5.41, 5.74) is 7.55. The summed E-state index contributed by atoms with van der Waals surface area (Å²) < 4.78 is 0. The van der Waals surface area contributed by atoms with Crippen LogP contribution < -0.4 is 5.73 Å². The molecule has 0 saturated carbocycles. The van der Waals surface area contributed by atoms with E-state index < -0.39 is 0 Å². The molecule has 1 aliphatic heterocycles. The highest BCUT2D eigenvalue weighted by molar-refractivity contribution is 5.14. The second-order valence-corrected chi connectivity index (χ2v) is 5.21. The predicted molar refractivity (Wildman–Crippen MR) is 68.0 cm³/mol. The van der Waals surface area contributed by atoms with Crippen molar-refractivity contribution < 1.29 is 0 Å². The third-order valence-electron chi connectivity index (χ3n) is 3.66. The maximum Gasteiger partial charge on any atom is 0.0233 e. The number of likely N-dealkylation sites (tertiary alicyclic amines) is 1. The van der Waals surface area contributed by atoms with E-state index in [9.17, 15) is 0 Å². The number of nitrogens with two attached hydrogens (primary N) is 1. The second-order valence-electron chi connectivity index (χ2n) is 5.21. The molecule has 0 unspecified atom stereocenters. The van der Waals surface area contributed by atoms with Crippen LogP contribution in [0.2, 0.25) is 0 Å². The van der Waals surface area contributed by atoms with Gasteiger partial charge in [-0.1, -0.05) is 44.2 Å². The van der Waals surface area contributed by atoms with E-state index in [1.54, 1.807) is 0 Å². The Morgan fingerprint density at radius 2 is 1.69 bits per heavy atom. The van der Waals surface area contributed by atoms with Gasteiger partial charge in [-0.3, -0.25) is 4.90 Å². The third kappa shape index (κ3) is 2.63. The van der Waals surface area contributed by atoms with Gasteiger partial charge >= 0.3 is 0 Å². The Morgan fingerprint density at radius 1 is 1.12 bits per heavy atom. The molecule has 0 amide bonds. The van der Waals surface area contributed by atoms with Crippen LogP contribution in [0.25, 0.3) is 0 Å². The van der Waals surface area contributed by atoms with Gasteiger partial charge in [0.1, 0.15) is 0 Å². The quantitative estimate of drug-likeness (QED) is 0.823. The van der Waals surface area contributed by atoms with Gasteiger partial charge in [0.25, 0.3) is 0 Å². The SMILES string of the molecule is C[C@@H]1CN(Cc2ccccc2)C[C@@H](C)C1N. The van der Waals surface area contributed by atoms with Crippen molar-refractivity contribution in [2.45, 2.75) is 26.4 Å². The Labute approximate surface area is 98.4 Å². The van der Waals surface area contributed by atoms with E-state index in [0.717, 1.165) is 19.6 Å². The number of rotatable bonds is 2. The normalized spacial score (nSPS) is 28.2. The third-order valence-corrected chi connectivity index (χ3v) is 3.66. The minimum absolute atomic E-state index is 0.368. The fourth-order valence-electron chi connectivity index (χ4n) is 2.66. The van der Waals surface area contributed by atoms with Crippen molar-refractivity contribution >= 4 is 0 Å². The predicted octanol–water partition coefficient (Wildman–Crippen LogP) is 2.10. The first kappa shape index (κ1) is 11.6. The highest BCUT2D eigenvalue weighted by atomic mass is 15.1. The zero-order valence-corrected chi connectivity index (χ0v) is 10.3. The van der Waals surface area contributed by atoms with Crippen molar-refractivity contribution in [3.05, 3.63) is 35.9 Å². The van der Waals surface area contributed by atoms with Crippen molar-refractivity contribution in [1.82, 2.24) is 4.90 Å². The molecule has 2 nitrogen and oxygen atoms in total. The van der Waals surface area contributed by atoms with Crippen LogP contribution in [0.3, 0.4) is 0 Å². The summed E-state index contributed by atoms with van der Waals surface area (Å²) in [6.07, 6.45) is 0. The highest BCUT2D eigenvalue weighted by Crippen LogP contribution is 2.21. The average molecular weight is 218 g/mol. The summed E-state index contributed by atoms with van der Waals surface area (Å²) in [6, 6.07) is 11.1. The molecule has 1 heterocycles. The fraction of sp³-hybridized carbons (Fsp3) is 0.571. The van der Waals surface area contributed by atoms with Crippen LogP contribution in [-0.4, -0.2) is 24.0 Å². The van der Waals surface area contributed by atoms with Gasteiger partial charge in [0.05, 0.1) is 0 Å². The minimum atomic E-state index is 0.368. The van der Waals surface area contributed by atoms with Gasteiger partial charge in [-0.15, -0.1) is 0 Å². The van der Waals surface area contributed by atoms with E-state index in [2.05, 4.69) is 49.1 Å².